The van der Waals surface area contributed by atoms with Crippen LogP contribution in [0, 0.1) is 10.1 Å². The number of rotatable bonds is 7. The van der Waals surface area contributed by atoms with Crippen LogP contribution in [-0.2, 0) is 9.53 Å². The smallest absolute Gasteiger partial charge is 0.269 e. The first-order valence-electron chi connectivity index (χ1n) is 10.7. The minimum Gasteiger partial charge on any atom is -0.376 e. The van der Waals surface area contributed by atoms with E-state index in [2.05, 4.69) is 19.9 Å². The van der Waals surface area contributed by atoms with Gasteiger partial charge in [0.1, 0.15) is 0 Å². The van der Waals surface area contributed by atoms with Gasteiger partial charge in [-0.05, 0) is 54.2 Å². The van der Waals surface area contributed by atoms with Gasteiger partial charge < -0.3 is 4.74 Å². The van der Waals surface area contributed by atoms with Crippen LogP contribution >= 0.6 is 11.3 Å². The Labute approximate surface area is 190 Å². The summed E-state index contributed by atoms with van der Waals surface area (Å²) in [4.78, 5) is 30.1. The van der Waals surface area contributed by atoms with E-state index in [0.29, 0.717) is 29.8 Å². The highest BCUT2D eigenvalue weighted by Gasteiger charge is 2.25. The number of ether oxygens (including phenoxy) is 1. The molecule has 166 valence electrons. The molecule has 32 heavy (non-hydrogen) atoms. The number of non-ortho nitro benzene ring substituents is 1. The van der Waals surface area contributed by atoms with Crippen molar-refractivity contribution in [2.45, 2.75) is 38.7 Å². The summed E-state index contributed by atoms with van der Waals surface area (Å²) < 4.78 is 6.84. The van der Waals surface area contributed by atoms with E-state index in [1.165, 1.54) is 29.5 Å². The molecule has 1 unspecified atom stereocenters. The fourth-order valence-corrected chi connectivity index (χ4v) is 4.77. The molecule has 1 saturated heterocycles. The summed E-state index contributed by atoms with van der Waals surface area (Å²) in [6.45, 7) is 5.43. The van der Waals surface area contributed by atoms with Gasteiger partial charge in [-0.3, -0.25) is 19.8 Å². The molecule has 0 aliphatic carbocycles. The average Bonchev–Trinajstić information content (AvgIpc) is 3.45. The predicted molar refractivity (Wildman–Crippen MR) is 127 cm³/mol. The Balaban J connectivity index is 1.63. The SMILES string of the molecule is CC(C)c1cccc2sc(N(CC3CCCO3)C(=O)/C=C/c3ccc([N+](=O)[O-])cc3)nc12. The van der Waals surface area contributed by atoms with E-state index in [0.717, 1.165) is 28.6 Å². The van der Waals surface area contributed by atoms with Crippen LogP contribution in [0.1, 0.15) is 43.7 Å². The third kappa shape index (κ3) is 4.87. The summed E-state index contributed by atoms with van der Waals surface area (Å²) in [6.07, 6.45) is 5.05. The molecule has 1 fully saturated rings. The van der Waals surface area contributed by atoms with Crippen LogP contribution in [-0.4, -0.2) is 35.1 Å². The summed E-state index contributed by atoms with van der Waals surface area (Å²) >= 11 is 1.51. The Bertz CT molecular complexity index is 1150. The molecule has 0 radical (unpaired) electrons. The number of para-hydroxylation sites is 1. The number of hydrogen-bond acceptors (Lipinski definition) is 6. The number of nitrogens with zero attached hydrogens (tertiary/aromatic N) is 3. The molecule has 2 heterocycles. The van der Waals surface area contributed by atoms with E-state index >= 15 is 0 Å². The predicted octanol–water partition coefficient (Wildman–Crippen LogP) is 5.55. The van der Waals surface area contributed by atoms with Crippen LogP contribution in [0.2, 0.25) is 0 Å². The van der Waals surface area contributed by atoms with Crippen molar-refractivity contribution in [3.05, 3.63) is 69.8 Å². The van der Waals surface area contributed by atoms with Crippen molar-refractivity contribution >= 4 is 44.4 Å². The maximum atomic E-state index is 13.2. The zero-order valence-corrected chi connectivity index (χ0v) is 18.9. The van der Waals surface area contributed by atoms with Crippen LogP contribution in [0.5, 0.6) is 0 Å². The lowest BCUT2D eigenvalue weighted by Gasteiger charge is -2.21. The van der Waals surface area contributed by atoms with E-state index in [1.54, 1.807) is 23.1 Å². The molecule has 0 spiro atoms. The van der Waals surface area contributed by atoms with Gasteiger partial charge in [-0.15, -0.1) is 0 Å². The molecule has 0 bridgehead atoms. The van der Waals surface area contributed by atoms with Gasteiger partial charge in [0.15, 0.2) is 5.13 Å². The number of benzene rings is 2. The fourth-order valence-electron chi connectivity index (χ4n) is 3.76. The lowest BCUT2D eigenvalue weighted by Crippen LogP contribution is -2.36. The van der Waals surface area contributed by atoms with Crippen molar-refractivity contribution in [3.8, 4) is 0 Å². The van der Waals surface area contributed by atoms with E-state index in [1.807, 2.05) is 12.1 Å². The van der Waals surface area contributed by atoms with Crippen LogP contribution in [0.15, 0.2) is 48.5 Å². The van der Waals surface area contributed by atoms with Gasteiger partial charge in [-0.2, -0.15) is 0 Å². The Kier molecular flexibility index (Phi) is 6.62. The van der Waals surface area contributed by atoms with Crippen molar-refractivity contribution in [3.63, 3.8) is 0 Å². The number of thiazole rings is 1. The van der Waals surface area contributed by atoms with E-state index in [-0.39, 0.29) is 17.7 Å². The maximum absolute atomic E-state index is 13.2. The van der Waals surface area contributed by atoms with Gasteiger partial charge in [0.25, 0.3) is 11.6 Å². The third-order valence-electron chi connectivity index (χ3n) is 5.49. The van der Waals surface area contributed by atoms with Crippen molar-refractivity contribution in [1.29, 1.82) is 0 Å². The zero-order valence-electron chi connectivity index (χ0n) is 18.1. The molecule has 3 aromatic rings. The van der Waals surface area contributed by atoms with Crippen LogP contribution in [0.3, 0.4) is 0 Å². The Morgan fingerprint density at radius 1 is 1.31 bits per heavy atom. The van der Waals surface area contributed by atoms with Gasteiger partial charge in [0.2, 0.25) is 0 Å². The highest BCUT2D eigenvalue weighted by atomic mass is 32.1. The first-order valence-corrected chi connectivity index (χ1v) is 11.5. The number of nitro benzene ring substituents is 1. The summed E-state index contributed by atoms with van der Waals surface area (Å²) in [5.41, 5.74) is 2.83. The largest absolute Gasteiger partial charge is 0.376 e. The van der Waals surface area contributed by atoms with E-state index in [4.69, 9.17) is 9.72 Å². The topological polar surface area (TPSA) is 85.6 Å². The molecular formula is C24H25N3O4S. The highest BCUT2D eigenvalue weighted by molar-refractivity contribution is 7.22. The first-order chi connectivity index (χ1) is 15.4. The van der Waals surface area contributed by atoms with Crippen molar-refractivity contribution in [1.82, 2.24) is 4.98 Å². The zero-order chi connectivity index (χ0) is 22.7. The van der Waals surface area contributed by atoms with Crippen LogP contribution < -0.4 is 4.90 Å². The standard InChI is InChI=1S/C24H25N3O4S/c1-16(2)20-6-3-7-21-23(20)25-24(32-21)26(15-19-5-4-14-31-19)22(28)13-10-17-8-11-18(12-9-17)27(29)30/h3,6-13,16,19H,4-5,14-15H2,1-2H3/b13-10+. The second-order valence-corrected chi connectivity index (χ2v) is 9.12. The van der Waals surface area contributed by atoms with E-state index < -0.39 is 4.92 Å². The summed E-state index contributed by atoms with van der Waals surface area (Å²) in [7, 11) is 0. The molecule has 0 N–H and O–H groups in total. The molecule has 8 heteroatoms. The quantitative estimate of drug-likeness (QED) is 0.267. The lowest BCUT2D eigenvalue weighted by atomic mass is 10.0. The number of nitro groups is 1. The number of carbonyl (C=O) groups excluding carboxylic acids is 1. The average molecular weight is 452 g/mol. The van der Waals surface area contributed by atoms with Crippen molar-refractivity contribution in [2.75, 3.05) is 18.1 Å². The van der Waals surface area contributed by atoms with Gasteiger partial charge in [-0.1, -0.05) is 37.3 Å². The third-order valence-corrected chi connectivity index (χ3v) is 6.53. The molecule has 1 atom stereocenters. The minimum atomic E-state index is -0.444. The highest BCUT2D eigenvalue weighted by Crippen LogP contribution is 2.34. The van der Waals surface area contributed by atoms with Crippen LogP contribution in [0.25, 0.3) is 16.3 Å². The summed E-state index contributed by atoms with van der Waals surface area (Å²) in [6, 6.07) is 12.2. The normalized spacial score (nSPS) is 16.3. The number of hydrogen-bond donors (Lipinski definition) is 0. The molecule has 4 rings (SSSR count). The molecule has 1 aliphatic rings. The van der Waals surface area contributed by atoms with Gasteiger partial charge >= 0.3 is 0 Å². The Morgan fingerprint density at radius 2 is 2.09 bits per heavy atom. The summed E-state index contributed by atoms with van der Waals surface area (Å²) in [5, 5.41) is 11.5. The number of anilines is 1. The first kappa shape index (κ1) is 22.1. The van der Waals surface area contributed by atoms with Gasteiger partial charge in [0.05, 0.1) is 27.8 Å². The van der Waals surface area contributed by atoms with E-state index in [9.17, 15) is 14.9 Å². The van der Waals surface area contributed by atoms with Crippen molar-refractivity contribution in [2.24, 2.45) is 0 Å². The second-order valence-electron chi connectivity index (χ2n) is 8.11. The van der Waals surface area contributed by atoms with Crippen LogP contribution in [0.4, 0.5) is 10.8 Å². The molecule has 1 amide bonds. The minimum absolute atomic E-state index is 0.0108. The lowest BCUT2D eigenvalue weighted by molar-refractivity contribution is -0.384. The number of fused-ring (bicyclic) bond motifs is 1. The molecule has 2 aromatic carbocycles. The number of amides is 1. The molecule has 0 saturated carbocycles. The maximum Gasteiger partial charge on any atom is 0.269 e. The number of carbonyl (C=O) groups is 1. The Hall–Kier alpha value is -3.10. The summed E-state index contributed by atoms with van der Waals surface area (Å²) in [5.74, 6) is 0.141. The monoisotopic (exact) mass is 451 g/mol. The Morgan fingerprint density at radius 3 is 2.75 bits per heavy atom. The molecule has 1 aliphatic heterocycles. The molecular weight excluding hydrogens is 426 g/mol. The number of aromatic nitrogens is 1. The molecule has 1 aromatic heterocycles. The van der Waals surface area contributed by atoms with Crippen molar-refractivity contribution < 1.29 is 14.5 Å². The second kappa shape index (κ2) is 9.58. The fraction of sp³-hybridized carbons (Fsp3) is 0.333. The molecule has 7 nitrogen and oxygen atoms in total. The van der Waals surface area contributed by atoms with Gasteiger partial charge in [0, 0.05) is 24.8 Å². The van der Waals surface area contributed by atoms with Gasteiger partial charge in [-0.25, -0.2) is 4.98 Å².